The quantitative estimate of drug-likeness (QED) is 0.694. The zero-order chi connectivity index (χ0) is 17.3. The fourth-order valence-electron chi connectivity index (χ4n) is 2.30. The predicted octanol–water partition coefficient (Wildman–Crippen LogP) is 2.36. The Morgan fingerprint density at radius 3 is 2.96 bits per heavy atom. The van der Waals surface area contributed by atoms with Crippen LogP contribution >= 0.6 is 11.8 Å². The zero-order valence-electron chi connectivity index (χ0n) is 13.7. The molecule has 3 aromatic rings. The molecule has 0 saturated carbocycles. The minimum atomic E-state index is -0.875. The fourth-order valence-corrected chi connectivity index (χ4v) is 3.05. The van der Waals surface area contributed by atoms with Crippen molar-refractivity contribution in [2.75, 3.05) is 5.75 Å². The van der Waals surface area contributed by atoms with Crippen molar-refractivity contribution in [3.63, 3.8) is 0 Å². The summed E-state index contributed by atoms with van der Waals surface area (Å²) in [6, 6.07) is 9.92. The Morgan fingerprint density at radius 2 is 2.25 bits per heavy atom. The van der Waals surface area contributed by atoms with Gasteiger partial charge in [-0.25, -0.2) is 10.1 Å². The first-order valence-corrected chi connectivity index (χ1v) is 8.60. The van der Waals surface area contributed by atoms with Gasteiger partial charge in [0.15, 0.2) is 5.16 Å². The number of rotatable bonds is 5. The number of aromatic amines is 1. The number of amides is 1. The molecule has 24 heavy (non-hydrogen) atoms. The summed E-state index contributed by atoms with van der Waals surface area (Å²) in [6.45, 7) is 5.55. The molecular weight excluding hydrogens is 324 g/mol. The van der Waals surface area contributed by atoms with Crippen LogP contribution in [0, 0.1) is 17.2 Å². The van der Waals surface area contributed by atoms with E-state index in [-0.39, 0.29) is 17.6 Å². The summed E-state index contributed by atoms with van der Waals surface area (Å²) in [5.41, 5.74) is 0.933. The number of fused-ring (bicyclic) bond motifs is 3. The minimum Gasteiger partial charge on any atom is -0.337 e. The highest BCUT2D eigenvalue weighted by Gasteiger charge is 2.30. The standard InChI is InChI=1S/C16H18N6OS/c1-10(2)16(3,9-17)19-13(23)8-24-15-21-20-14-18-11-6-4-5-7-12(11)22(14)15/h4-7,10H,8H2,1-3H3,(H,18,20)(H,19,23)/t16-/m1/s1. The molecular formula is C16H18N6OS. The van der Waals surface area contributed by atoms with E-state index >= 15 is 0 Å². The molecule has 8 heteroatoms. The SMILES string of the molecule is CC(C)[C@@](C)(C#N)NC(=O)CSc1n[nH]c2nc3ccccc3n12. The molecule has 1 atom stereocenters. The zero-order valence-corrected chi connectivity index (χ0v) is 14.5. The van der Waals surface area contributed by atoms with E-state index in [0.29, 0.717) is 10.9 Å². The lowest BCUT2D eigenvalue weighted by Gasteiger charge is -2.27. The molecule has 0 bridgehead atoms. The van der Waals surface area contributed by atoms with Crippen molar-refractivity contribution < 1.29 is 4.79 Å². The lowest BCUT2D eigenvalue weighted by atomic mass is 9.90. The number of nitrogens with one attached hydrogen (secondary N) is 2. The monoisotopic (exact) mass is 342 g/mol. The van der Waals surface area contributed by atoms with E-state index in [0.717, 1.165) is 11.0 Å². The molecule has 124 valence electrons. The van der Waals surface area contributed by atoms with Crippen LogP contribution < -0.4 is 5.32 Å². The van der Waals surface area contributed by atoms with Gasteiger partial charge in [-0.05, 0) is 25.0 Å². The number of hydrogen-bond donors (Lipinski definition) is 2. The van der Waals surface area contributed by atoms with Gasteiger partial charge in [0.05, 0.1) is 22.9 Å². The number of thioether (sulfide) groups is 1. The number of H-pyrrole nitrogens is 1. The van der Waals surface area contributed by atoms with Crippen LogP contribution in [0.4, 0.5) is 0 Å². The maximum Gasteiger partial charge on any atom is 0.231 e. The van der Waals surface area contributed by atoms with E-state index in [9.17, 15) is 10.1 Å². The topological polar surface area (TPSA) is 98.9 Å². The highest BCUT2D eigenvalue weighted by Crippen LogP contribution is 2.23. The molecule has 0 saturated heterocycles. The molecule has 2 aromatic heterocycles. The first kappa shape index (κ1) is 16.3. The van der Waals surface area contributed by atoms with Gasteiger partial charge >= 0.3 is 0 Å². The summed E-state index contributed by atoms with van der Waals surface area (Å²) < 4.78 is 1.89. The molecule has 0 aliphatic heterocycles. The van der Waals surface area contributed by atoms with Crippen molar-refractivity contribution >= 4 is 34.5 Å². The predicted molar refractivity (Wildman–Crippen MR) is 92.6 cm³/mol. The molecule has 3 rings (SSSR count). The average Bonchev–Trinajstić information content (AvgIpc) is 3.11. The molecule has 0 spiro atoms. The van der Waals surface area contributed by atoms with Crippen LogP contribution in [0.1, 0.15) is 20.8 Å². The molecule has 7 nitrogen and oxygen atoms in total. The van der Waals surface area contributed by atoms with E-state index in [4.69, 9.17) is 0 Å². The first-order valence-electron chi connectivity index (χ1n) is 7.61. The minimum absolute atomic E-state index is 0.0196. The summed E-state index contributed by atoms with van der Waals surface area (Å²) in [5.74, 6) is 0.642. The Morgan fingerprint density at radius 1 is 1.50 bits per heavy atom. The Kier molecular flexibility index (Phi) is 4.20. The van der Waals surface area contributed by atoms with E-state index < -0.39 is 5.54 Å². The Labute approximate surface area is 143 Å². The number of nitrogens with zero attached hydrogens (tertiary/aromatic N) is 4. The molecule has 2 N–H and O–H groups in total. The highest BCUT2D eigenvalue weighted by molar-refractivity contribution is 7.99. The van der Waals surface area contributed by atoms with Gasteiger partial charge in [-0.3, -0.25) is 9.20 Å². The second-order valence-corrected chi connectivity index (χ2v) is 7.01. The Balaban J connectivity index is 1.77. The lowest BCUT2D eigenvalue weighted by molar-refractivity contribution is -0.120. The molecule has 0 aliphatic rings. The molecule has 0 radical (unpaired) electrons. The molecule has 0 unspecified atom stereocenters. The van der Waals surface area contributed by atoms with E-state index in [1.165, 1.54) is 11.8 Å². The molecule has 2 heterocycles. The van der Waals surface area contributed by atoms with Gasteiger partial charge in [-0.15, -0.1) is 5.10 Å². The molecule has 1 aromatic carbocycles. The van der Waals surface area contributed by atoms with Crippen molar-refractivity contribution in [1.29, 1.82) is 5.26 Å². The number of imidazole rings is 1. The second kappa shape index (κ2) is 6.17. The third-order valence-electron chi connectivity index (χ3n) is 4.12. The summed E-state index contributed by atoms with van der Waals surface area (Å²) in [7, 11) is 0. The van der Waals surface area contributed by atoms with E-state index in [2.05, 4.69) is 26.6 Å². The second-order valence-electron chi connectivity index (χ2n) is 6.07. The number of hydrogen-bond acceptors (Lipinski definition) is 5. The largest absolute Gasteiger partial charge is 0.337 e. The number of aromatic nitrogens is 4. The van der Waals surface area contributed by atoms with Crippen LogP contribution in [0.25, 0.3) is 16.8 Å². The summed E-state index contributed by atoms with van der Waals surface area (Å²) in [5, 5.41) is 19.9. The molecule has 1 amide bonds. The number of carbonyl (C=O) groups is 1. The number of nitriles is 1. The Bertz CT molecular complexity index is 937. The first-order chi connectivity index (χ1) is 11.4. The van der Waals surface area contributed by atoms with Gasteiger partial charge in [0.2, 0.25) is 11.7 Å². The third-order valence-corrected chi connectivity index (χ3v) is 5.06. The van der Waals surface area contributed by atoms with Crippen molar-refractivity contribution in [3.8, 4) is 6.07 Å². The van der Waals surface area contributed by atoms with E-state index in [1.807, 2.05) is 42.5 Å². The average molecular weight is 342 g/mol. The number of benzene rings is 1. The van der Waals surface area contributed by atoms with Gasteiger partial charge in [-0.1, -0.05) is 37.7 Å². The third kappa shape index (κ3) is 2.83. The van der Waals surface area contributed by atoms with Crippen LogP contribution in [0.5, 0.6) is 0 Å². The van der Waals surface area contributed by atoms with Gasteiger partial charge in [0.25, 0.3) is 0 Å². The molecule has 0 aliphatic carbocycles. The van der Waals surface area contributed by atoms with Crippen LogP contribution in [-0.2, 0) is 4.79 Å². The van der Waals surface area contributed by atoms with Crippen LogP contribution in [0.2, 0.25) is 0 Å². The van der Waals surface area contributed by atoms with Crippen molar-refractivity contribution in [2.24, 2.45) is 5.92 Å². The highest BCUT2D eigenvalue weighted by atomic mass is 32.2. The fraction of sp³-hybridized carbons (Fsp3) is 0.375. The number of para-hydroxylation sites is 2. The maximum absolute atomic E-state index is 12.2. The summed E-state index contributed by atoms with van der Waals surface area (Å²) in [4.78, 5) is 16.7. The smallest absolute Gasteiger partial charge is 0.231 e. The van der Waals surface area contributed by atoms with Crippen molar-refractivity contribution in [3.05, 3.63) is 24.3 Å². The van der Waals surface area contributed by atoms with Crippen LogP contribution in [0.15, 0.2) is 29.4 Å². The number of carbonyl (C=O) groups excluding carboxylic acids is 1. The van der Waals surface area contributed by atoms with Gasteiger partial charge < -0.3 is 5.32 Å². The summed E-state index contributed by atoms with van der Waals surface area (Å²) in [6.07, 6.45) is 0. The lowest BCUT2D eigenvalue weighted by Crippen LogP contribution is -2.49. The van der Waals surface area contributed by atoms with Gasteiger partial charge in [-0.2, -0.15) is 5.26 Å². The van der Waals surface area contributed by atoms with Crippen LogP contribution in [0.3, 0.4) is 0 Å². The van der Waals surface area contributed by atoms with Gasteiger partial charge in [0, 0.05) is 0 Å². The Hall–Kier alpha value is -2.53. The van der Waals surface area contributed by atoms with Crippen molar-refractivity contribution in [2.45, 2.75) is 31.5 Å². The van der Waals surface area contributed by atoms with Crippen molar-refractivity contribution in [1.82, 2.24) is 24.9 Å². The molecule has 0 fully saturated rings. The maximum atomic E-state index is 12.2. The summed E-state index contributed by atoms with van der Waals surface area (Å²) >= 11 is 1.31. The van der Waals surface area contributed by atoms with Crippen LogP contribution in [-0.4, -0.2) is 36.8 Å². The van der Waals surface area contributed by atoms with E-state index in [1.54, 1.807) is 6.92 Å². The normalized spacial score (nSPS) is 14.0. The van der Waals surface area contributed by atoms with Gasteiger partial charge in [0.1, 0.15) is 5.54 Å².